The summed E-state index contributed by atoms with van der Waals surface area (Å²) in [5, 5.41) is 2.75. The molecule has 4 nitrogen and oxygen atoms in total. The fourth-order valence-corrected chi connectivity index (χ4v) is 3.45. The molecule has 0 unspecified atom stereocenters. The molecule has 1 saturated heterocycles. The van der Waals surface area contributed by atoms with Crippen LogP contribution in [0.25, 0.3) is 0 Å². The average molecular weight is 466 g/mol. The van der Waals surface area contributed by atoms with Crippen molar-refractivity contribution in [3.8, 4) is 0 Å². The standard InChI is InChI=1S/C20H18ClF6N3O/c21-15-2-1-3-17(11-15)30-6-4-29(5-7-30)12-18(31)28-16-9-13(19(22,23)24)8-14(10-16)20(25,26)27/h1-3,8-11H,4-7,12H2,(H,28,31). The smallest absolute Gasteiger partial charge is 0.369 e. The lowest BCUT2D eigenvalue weighted by Crippen LogP contribution is -2.48. The Morgan fingerprint density at radius 2 is 1.48 bits per heavy atom. The van der Waals surface area contributed by atoms with E-state index >= 15 is 0 Å². The van der Waals surface area contributed by atoms with E-state index in [4.69, 9.17) is 11.6 Å². The number of amides is 1. The Morgan fingerprint density at radius 1 is 0.903 bits per heavy atom. The van der Waals surface area contributed by atoms with Crippen LogP contribution in [0.1, 0.15) is 11.1 Å². The number of piperazine rings is 1. The first-order valence-corrected chi connectivity index (χ1v) is 9.62. The van der Waals surface area contributed by atoms with Crippen molar-refractivity contribution >= 4 is 28.9 Å². The van der Waals surface area contributed by atoms with Gasteiger partial charge in [0.2, 0.25) is 5.91 Å². The molecular weight excluding hydrogens is 448 g/mol. The van der Waals surface area contributed by atoms with Crippen LogP contribution in [-0.4, -0.2) is 43.5 Å². The molecule has 1 fully saturated rings. The molecule has 168 valence electrons. The van der Waals surface area contributed by atoms with Crippen LogP contribution in [0.2, 0.25) is 5.02 Å². The highest BCUT2D eigenvalue weighted by molar-refractivity contribution is 6.30. The van der Waals surface area contributed by atoms with Crippen molar-refractivity contribution in [1.29, 1.82) is 0 Å². The maximum absolute atomic E-state index is 12.9. The van der Waals surface area contributed by atoms with E-state index in [1.165, 1.54) is 0 Å². The van der Waals surface area contributed by atoms with Gasteiger partial charge in [-0.25, -0.2) is 0 Å². The number of hydrogen-bond acceptors (Lipinski definition) is 3. The van der Waals surface area contributed by atoms with E-state index in [2.05, 4.69) is 10.2 Å². The monoisotopic (exact) mass is 465 g/mol. The lowest BCUT2D eigenvalue weighted by Gasteiger charge is -2.35. The molecule has 0 saturated carbocycles. The predicted molar refractivity (Wildman–Crippen MR) is 105 cm³/mol. The molecule has 2 aromatic rings. The van der Waals surface area contributed by atoms with Gasteiger partial charge in [-0.3, -0.25) is 9.69 Å². The first kappa shape index (κ1) is 23.2. The first-order chi connectivity index (χ1) is 14.4. The van der Waals surface area contributed by atoms with Gasteiger partial charge in [-0.1, -0.05) is 17.7 Å². The summed E-state index contributed by atoms with van der Waals surface area (Å²) >= 11 is 5.99. The van der Waals surface area contributed by atoms with Crippen molar-refractivity contribution in [2.45, 2.75) is 12.4 Å². The van der Waals surface area contributed by atoms with Crippen molar-refractivity contribution in [2.24, 2.45) is 0 Å². The third kappa shape index (κ3) is 6.27. The van der Waals surface area contributed by atoms with E-state index in [9.17, 15) is 31.1 Å². The number of benzene rings is 2. The van der Waals surface area contributed by atoms with Gasteiger partial charge >= 0.3 is 12.4 Å². The Bertz CT molecular complexity index is 907. The van der Waals surface area contributed by atoms with Crippen molar-refractivity contribution in [2.75, 3.05) is 42.9 Å². The van der Waals surface area contributed by atoms with Crippen LogP contribution >= 0.6 is 11.6 Å². The summed E-state index contributed by atoms with van der Waals surface area (Å²) in [5.41, 5.74) is -2.58. The Morgan fingerprint density at radius 3 is 2.00 bits per heavy atom. The summed E-state index contributed by atoms with van der Waals surface area (Å²) in [7, 11) is 0. The maximum atomic E-state index is 12.9. The van der Waals surface area contributed by atoms with Crippen LogP contribution in [0.15, 0.2) is 42.5 Å². The van der Waals surface area contributed by atoms with Gasteiger partial charge in [0.05, 0.1) is 17.7 Å². The fraction of sp³-hybridized carbons (Fsp3) is 0.350. The highest BCUT2D eigenvalue weighted by Crippen LogP contribution is 2.37. The van der Waals surface area contributed by atoms with Crippen molar-refractivity contribution in [1.82, 2.24) is 4.90 Å². The molecule has 11 heteroatoms. The summed E-state index contributed by atoms with van der Waals surface area (Å²) in [6, 6.07) is 8.29. The van der Waals surface area contributed by atoms with Crippen molar-refractivity contribution in [3.05, 3.63) is 58.6 Å². The molecule has 1 aliphatic rings. The summed E-state index contributed by atoms with van der Waals surface area (Å²) in [6.45, 7) is 2.03. The van der Waals surface area contributed by atoms with Gasteiger partial charge in [0.25, 0.3) is 0 Å². The number of carbonyl (C=O) groups is 1. The zero-order valence-corrected chi connectivity index (χ0v) is 16.8. The highest BCUT2D eigenvalue weighted by atomic mass is 35.5. The zero-order chi connectivity index (χ0) is 22.8. The zero-order valence-electron chi connectivity index (χ0n) is 16.0. The van der Waals surface area contributed by atoms with Crippen molar-refractivity contribution in [3.63, 3.8) is 0 Å². The van der Waals surface area contributed by atoms with Crippen LogP contribution in [0.3, 0.4) is 0 Å². The number of anilines is 2. The van der Waals surface area contributed by atoms with Crippen LogP contribution in [0, 0.1) is 0 Å². The second-order valence-corrected chi connectivity index (χ2v) is 7.52. The third-order valence-electron chi connectivity index (χ3n) is 4.78. The van der Waals surface area contributed by atoms with Gasteiger partial charge in [0, 0.05) is 42.6 Å². The number of nitrogens with zero attached hydrogens (tertiary/aromatic N) is 2. The summed E-state index contributed by atoms with van der Waals surface area (Å²) in [4.78, 5) is 16.1. The number of halogens is 7. The number of rotatable bonds is 4. The Kier molecular flexibility index (Phi) is 6.70. The van der Waals surface area contributed by atoms with E-state index in [1.54, 1.807) is 11.0 Å². The van der Waals surface area contributed by atoms with Gasteiger partial charge in [-0.2, -0.15) is 26.3 Å². The van der Waals surface area contributed by atoms with Gasteiger partial charge in [-0.05, 0) is 36.4 Å². The Balaban J connectivity index is 1.62. The average Bonchev–Trinajstić information content (AvgIpc) is 2.67. The largest absolute Gasteiger partial charge is 0.416 e. The van der Waals surface area contributed by atoms with E-state index in [-0.39, 0.29) is 12.6 Å². The molecule has 0 bridgehead atoms. The van der Waals surface area contributed by atoms with Gasteiger partial charge in [0.15, 0.2) is 0 Å². The normalized spacial score (nSPS) is 15.8. The molecular formula is C20H18ClF6N3O. The Hall–Kier alpha value is -2.46. The van der Waals surface area contributed by atoms with E-state index in [1.807, 2.05) is 18.2 Å². The highest BCUT2D eigenvalue weighted by Gasteiger charge is 2.37. The number of carbonyl (C=O) groups excluding carboxylic acids is 1. The minimum Gasteiger partial charge on any atom is -0.369 e. The van der Waals surface area contributed by atoms with Crippen molar-refractivity contribution < 1.29 is 31.1 Å². The summed E-state index contributed by atoms with van der Waals surface area (Å²) < 4.78 is 77.7. The lowest BCUT2D eigenvalue weighted by molar-refractivity contribution is -0.143. The molecule has 1 N–H and O–H groups in total. The van der Waals surface area contributed by atoms with E-state index in [0.717, 1.165) is 5.69 Å². The number of nitrogens with one attached hydrogen (secondary N) is 1. The van der Waals surface area contributed by atoms with Gasteiger partial charge in [-0.15, -0.1) is 0 Å². The minimum absolute atomic E-state index is 0.0186. The topological polar surface area (TPSA) is 35.6 Å². The van der Waals surface area contributed by atoms with E-state index < -0.39 is 35.1 Å². The van der Waals surface area contributed by atoms with Crippen LogP contribution < -0.4 is 10.2 Å². The molecule has 1 amide bonds. The predicted octanol–water partition coefficient (Wildman–Crippen LogP) is 5.14. The molecule has 0 aromatic heterocycles. The molecule has 0 spiro atoms. The van der Waals surface area contributed by atoms with E-state index in [0.29, 0.717) is 43.3 Å². The van der Waals surface area contributed by atoms with Gasteiger partial charge < -0.3 is 10.2 Å². The second kappa shape index (κ2) is 8.96. The molecule has 0 radical (unpaired) electrons. The molecule has 0 aliphatic carbocycles. The molecule has 1 aliphatic heterocycles. The SMILES string of the molecule is O=C(CN1CCN(c2cccc(Cl)c2)CC1)Nc1cc(C(F)(F)F)cc(C(F)(F)F)c1. The van der Waals surface area contributed by atoms with Crippen LogP contribution in [-0.2, 0) is 17.1 Å². The number of alkyl halides is 6. The minimum atomic E-state index is -4.97. The molecule has 31 heavy (non-hydrogen) atoms. The summed E-state index contributed by atoms with van der Waals surface area (Å²) in [6.07, 6.45) is -9.95. The second-order valence-electron chi connectivity index (χ2n) is 7.09. The van der Waals surface area contributed by atoms with Gasteiger partial charge in [0.1, 0.15) is 0 Å². The third-order valence-corrected chi connectivity index (χ3v) is 5.02. The van der Waals surface area contributed by atoms with Crippen LogP contribution in [0.4, 0.5) is 37.7 Å². The molecule has 0 atom stereocenters. The number of hydrogen-bond donors (Lipinski definition) is 1. The lowest BCUT2D eigenvalue weighted by atomic mass is 10.1. The molecule has 1 heterocycles. The first-order valence-electron chi connectivity index (χ1n) is 9.24. The Labute approximate surface area is 179 Å². The molecule has 2 aromatic carbocycles. The maximum Gasteiger partial charge on any atom is 0.416 e. The summed E-state index contributed by atoms with van der Waals surface area (Å²) in [5.74, 6) is -0.691. The fourth-order valence-electron chi connectivity index (χ4n) is 3.27. The quantitative estimate of drug-likeness (QED) is 0.635. The molecule has 3 rings (SSSR count). The van der Waals surface area contributed by atoms with Crippen LogP contribution in [0.5, 0.6) is 0 Å².